The number of hydrogen-bond acceptors (Lipinski definition) is 11. The average molecular weight is 407 g/mol. The van der Waals surface area contributed by atoms with E-state index in [0.717, 1.165) is 0 Å². The maximum atomic E-state index is 11.6. The van der Waals surface area contributed by atoms with Crippen molar-refractivity contribution in [1.29, 1.82) is 0 Å². The van der Waals surface area contributed by atoms with Gasteiger partial charge < -0.3 is 54.2 Å². The van der Waals surface area contributed by atoms with Crippen LogP contribution in [0.5, 0.6) is 0 Å². The second-order valence-corrected chi connectivity index (χ2v) is 7.97. The maximum absolute atomic E-state index is 11.6. The fraction of sp³-hybridized carbons (Fsp3) is 1.00. The summed E-state index contributed by atoms with van der Waals surface area (Å²) in [5.41, 5.74) is 0. The van der Waals surface area contributed by atoms with Crippen molar-refractivity contribution >= 4 is 7.82 Å². The number of nitrogens with zero attached hydrogens (tertiary/aromatic N) is 1. The standard InChI is InChI=1S/C13H30NO11P/c1-14(2,3-4-15)5-9(17)7-24-26(22,23)25-8-11(19)13(21)12(20)10(18)6-16/h9-13,15-21H,3-8H2,1-2H3. The summed E-state index contributed by atoms with van der Waals surface area (Å²) in [4.78, 5) is 11.6. The van der Waals surface area contributed by atoms with Crippen LogP contribution in [0, 0.1) is 0 Å². The molecule has 0 bridgehead atoms. The Kier molecular flexibility index (Phi) is 11.5. The second kappa shape index (κ2) is 11.6. The Labute approximate surface area is 151 Å². The number of quaternary nitrogens is 1. The Morgan fingerprint density at radius 2 is 1.46 bits per heavy atom. The van der Waals surface area contributed by atoms with Gasteiger partial charge >= 0.3 is 0 Å². The molecule has 0 aromatic carbocycles. The van der Waals surface area contributed by atoms with Crippen molar-refractivity contribution in [2.75, 3.05) is 53.6 Å². The predicted octanol–water partition coefficient (Wildman–Crippen LogP) is -4.65. The second-order valence-electron chi connectivity index (χ2n) is 6.56. The van der Waals surface area contributed by atoms with E-state index in [1.807, 2.05) is 0 Å². The number of phosphoric acid groups is 1. The first-order valence-corrected chi connectivity index (χ1v) is 9.35. The monoisotopic (exact) mass is 407 g/mol. The highest BCUT2D eigenvalue weighted by molar-refractivity contribution is 7.45. The van der Waals surface area contributed by atoms with E-state index in [2.05, 4.69) is 9.05 Å². The molecule has 6 atom stereocenters. The smallest absolute Gasteiger partial charge is 0.268 e. The molecule has 0 spiro atoms. The summed E-state index contributed by atoms with van der Waals surface area (Å²) in [5, 5.41) is 65.0. The van der Waals surface area contributed by atoms with Crippen molar-refractivity contribution in [2.24, 2.45) is 0 Å². The summed E-state index contributed by atoms with van der Waals surface area (Å²) in [6.45, 7) is -2.13. The van der Waals surface area contributed by atoms with E-state index in [4.69, 9.17) is 15.3 Å². The quantitative estimate of drug-likeness (QED) is 0.108. The molecule has 0 aliphatic carbocycles. The van der Waals surface area contributed by atoms with E-state index < -0.39 is 58.2 Å². The fourth-order valence-electron chi connectivity index (χ4n) is 2.03. The lowest BCUT2D eigenvalue weighted by Gasteiger charge is -2.32. The van der Waals surface area contributed by atoms with Gasteiger partial charge in [-0.25, -0.2) is 0 Å². The average Bonchev–Trinajstić information content (AvgIpc) is 2.55. The summed E-state index contributed by atoms with van der Waals surface area (Å²) in [7, 11) is -1.48. The summed E-state index contributed by atoms with van der Waals surface area (Å²) in [6, 6.07) is 0. The Hall–Kier alpha value is -0.210. The van der Waals surface area contributed by atoms with E-state index in [-0.39, 0.29) is 17.6 Å². The van der Waals surface area contributed by atoms with Crippen molar-refractivity contribution in [3.63, 3.8) is 0 Å². The third kappa shape index (κ3) is 10.2. The molecule has 0 saturated heterocycles. The lowest BCUT2D eigenvalue weighted by molar-refractivity contribution is -0.893. The largest absolute Gasteiger partial charge is 0.756 e. The van der Waals surface area contributed by atoms with E-state index in [0.29, 0.717) is 6.54 Å². The summed E-state index contributed by atoms with van der Waals surface area (Å²) < 4.78 is 20.7. The van der Waals surface area contributed by atoms with Gasteiger partial charge in [0.1, 0.15) is 43.6 Å². The Balaban J connectivity index is 4.38. The van der Waals surface area contributed by atoms with Crippen molar-refractivity contribution in [2.45, 2.75) is 30.5 Å². The number of rotatable bonds is 14. The molecule has 0 radical (unpaired) electrons. The van der Waals surface area contributed by atoms with Crippen LogP contribution in [0.15, 0.2) is 0 Å². The molecule has 0 amide bonds. The molecule has 0 rings (SSSR count). The van der Waals surface area contributed by atoms with E-state index in [9.17, 15) is 29.9 Å². The third-order valence-corrected chi connectivity index (χ3v) is 4.49. The molecule has 158 valence electrons. The molecule has 0 aromatic rings. The van der Waals surface area contributed by atoms with Crippen LogP contribution in [-0.4, -0.2) is 124 Å². The zero-order valence-corrected chi connectivity index (χ0v) is 15.7. The molecule has 0 aliphatic heterocycles. The van der Waals surface area contributed by atoms with Gasteiger partial charge in [-0.15, -0.1) is 0 Å². The van der Waals surface area contributed by atoms with Gasteiger partial charge in [-0.3, -0.25) is 4.57 Å². The Morgan fingerprint density at radius 3 is 1.96 bits per heavy atom. The molecule has 0 heterocycles. The van der Waals surface area contributed by atoms with Gasteiger partial charge in [0, 0.05) is 0 Å². The van der Waals surface area contributed by atoms with E-state index in [1.54, 1.807) is 14.1 Å². The summed E-state index contributed by atoms with van der Waals surface area (Å²) in [6.07, 6.45) is -8.68. The van der Waals surface area contributed by atoms with Crippen molar-refractivity contribution in [3.8, 4) is 0 Å². The Bertz CT molecular complexity index is 438. The number of aliphatic hydroxyl groups is 7. The molecule has 6 unspecified atom stereocenters. The van der Waals surface area contributed by atoms with Crippen LogP contribution < -0.4 is 4.89 Å². The van der Waals surface area contributed by atoms with Crippen LogP contribution >= 0.6 is 7.82 Å². The van der Waals surface area contributed by atoms with Crippen LogP contribution in [0.3, 0.4) is 0 Å². The highest BCUT2D eigenvalue weighted by atomic mass is 31.2. The van der Waals surface area contributed by atoms with Crippen LogP contribution in [0.4, 0.5) is 0 Å². The number of likely N-dealkylation sites (N-methyl/N-ethyl adjacent to an activating group) is 1. The summed E-state index contributed by atoms with van der Waals surface area (Å²) >= 11 is 0. The number of hydrogen-bond donors (Lipinski definition) is 7. The SMILES string of the molecule is C[N+](C)(CCO)CC(O)COP(=O)([O-])OCC(O)C(O)C(O)C(O)CO. The lowest BCUT2D eigenvalue weighted by atomic mass is 10.0. The van der Waals surface area contributed by atoms with Crippen molar-refractivity contribution < 1.29 is 58.7 Å². The van der Waals surface area contributed by atoms with Gasteiger partial charge in [0.15, 0.2) is 0 Å². The highest BCUT2D eigenvalue weighted by Crippen LogP contribution is 2.38. The van der Waals surface area contributed by atoms with Crippen LogP contribution in [0.2, 0.25) is 0 Å². The van der Waals surface area contributed by atoms with Gasteiger partial charge in [0.25, 0.3) is 7.82 Å². The molecule has 0 saturated carbocycles. The zero-order chi connectivity index (χ0) is 20.5. The zero-order valence-electron chi connectivity index (χ0n) is 14.8. The minimum atomic E-state index is -4.91. The predicted molar refractivity (Wildman–Crippen MR) is 85.6 cm³/mol. The lowest BCUT2D eigenvalue weighted by Crippen LogP contribution is -2.48. The van der Waals surface area contributed by atoms with Gasteiger partial charge in [0.05, 0.1) is 40.5 Å². The minimum Gasteiger partial charge on any atom is -0.756 e. The molecule has 0 aliphatic rings. The number of aliphatic hydroxyl groups excluding tert-OH is 7. The van der Waals surface area contributed by atoms with Gasteiger partial charge in [-0.2, -0.15) is 0 Å². The normalized spacial score (nSPS) is 20.8. The van der Waals surface area contributed by atoms with Crippen LogP contribution in [0.25, 0.3) is 0 Å². The van der Waals surface area contributed by atoms with Crippen LogP contribution in [-0.2, 0) is 13.6 Å². The number of phosphoric ester groups is 1. The van der Waals surface area contributed by atoms with Crippen molar-refractivity contribution in [1.82, 2.24) is 0 Å². The molecule has 13 heteroatoms. The first-order chi connectivity index (χ1) is 11.8. The first-order valence-electron chi connectivity index (χ1n) is 7.89. The Morgan fingerprint density at radius 1 is 0.962 bits per heavy atom. The van der Waals surface area contributed by atoms with Crippen LogP contribution in [0.1, 0.15) is 0 Å². The minimum absolute atomic E-state index is 0.104. The molecule has 0 aromatic heterocycles. The maximum Gasteiger partial charge on any atom is 0.268 e. The van der Waals surface area contributed by atoms with Gasteiger partial charge in [-0.05, 0) is 0 Å². The summed E-state index contributed by atoms with van der Waals surface area (Å²) in [5.74, 6) is 0. The molecule has 26 heavy (non-hydrogen) atoms. The van der Waals surface area contributed by atoms with Gasteiger partial charge in [0.2, 0.25) is 0 Å². The topological polar surface area (TPSA) is 200 Å². The molecule has 12 nitrogen and oxygen atoms in total. The van der Waals surface area contributed by atoms with E-state index in [1.165, 1.54) is 0 Å². The van der Waals surface area contributed by atoms with E-state index >= 15 is 0 Å². The molecular weight excluding hydrogens is 377 g/mol. The highest BCUT2D eigenvalue weighted by Gasteiger charge is 2.31. The molecular formula is C13H30NO11P. The van der Waals surface area contributed by atoms with Gasteiger partial charge in [-0.1, -0.05) is 0 Å². The first kappa shape index (κ1) is 25.8. The fourth-order valence-corrected chi connectivity index (χ4v) is 2.79. The third-order valence-electron chi connectivity index (χ3n) is 3.56. The molecule has 7 N–H and O–H groups in total. The molecule has 0 fully saturated rings. The van der Waals surface area contributed by atoms with Crippen molar-refractivity contribution in [3.05, 3.63) is 0 Å².